The zero-order valence-electron chi connectivity index (χ0n) is 9.66. The number of para-hydroxylation sites is 1. The molecule has 2 heterocycles. The van der Waals surface area contributed by atoms with Gasteiger partial charge in [0.2, 0.25) is 0 Å². The molecule has 1 saturated heterocycles. The summed E-state index contributed by atoms with van der Waals surface area (Å²) in [6, 6.07) is 8.05. The van der Waals surface area contributed by atoms with Crippen molar-refractivity contribution in [2.75, 3.05) is 6.61 Å². The molecule has 2 aliphatic heterocycles. The van der Waals surface area contributed by atoms with Crippen LogP contribution in [-0.2, 0) is 15.9 Å². The molecule has 0 aliphatic carbocycles. The third kappa shape index (κ3) is 1.60. The van der Waals surface area contributed by atoms with Crippen molar-refractivity contribution in [3.8, 4) is 5.75 Å². The lowest BCUT2D eigenvalue weighted by molar-refractivity contribution is -0.308. The van der Waals surface area contributed by atoms with Crippen LogP contribution in [0.3, 0.4) is 0 Å². The van der Waals surface area contributed by atoms with E-state index in [1.165, 1.54) is 5.56 Å². The fourth-order valence-corrected chi connectivity index (χ4v) is 2.25. The molecule has 1 atom stereocenters. The molecule has 0 bridgehead atoms. The molecule has 0 N–H and O–H groups in total. The Balaban J connectivity index is 1.88. The minimum atomic E-state index is -0.849. The molecular formula is C13H16O3. The molecule has 86 valence electrons. The Morgan fingerprint density at radius 2 is 2.00 bits per heavy atom. The first kappa shape index (κ1) is 10.1. The number of hydrogen-bond donors (Lipinski definition) is 0. The summed E-state index contributed by atoms with van der Waals surface area (Å²) in [6.07, 6.45) is 1.69. The van der Waals surface area contributed by atoms with Crippen LogP contribution in [-0.4, -0.2) is 18.2 Å². The first-order valence-corrected chi connectivity index (χ1v) is 5.70. The molecule has 3 rings (SSSR count). The van der Waals surface area contributed by atoms with E-state index in [2.05, 4.69) is 6.07 Å². The van der Waals surface area contributed by atoms with Crippen molar-refractivity contribution in [1.29, 1.82) is 0 Å². The first-order chi connectivity index (χ1) is 7.59. The van der Waals surface area contributed by atoms with Crippen molar-refractivity contribution < 1.29 is 14.2 Å². The van der Waals surface area contributed by atoms with Gasteiger partial charge in [-0.2, -0.15) is 0 Å². The van der Waals surface area contributed by atoms with Gasteiger partial charge in [-0.25, -0.2) is 0 Å². The van der Waals surface area contributed by atoms with Crippen LogP contribution in [0.15, 0.2) is 24.3 Å². The minimum Gasteiger partial charge on any atom is -0.439 e. The minimum absolute atomic E-state index is 0.258. The zero-order valence-corrected chi connectivity index (χ0v) is 9.66. The molecule has 2 aliphatic rings. The molecule has 0 radical (unpaired) electrons. The van der Waals surface area contributed by atoms with Crippen LogP contribution in [0.1, 0.15) is 25.8 Å². The van der Waals surface area contributed by atoms with Crippen molar-refractivity contribution >= 4 is 0 Å². The molecular weight excluding hydrogens is 204 g/mol. The van der Waals surface area contributed by atoms with Crippen molar-refractivity contribution in [3.63, 3.8) is 0 Å². The molecule has 1 unspecified atom stereocenters. The van der Waals surface area contributed by atoms with Crippen molar-refractivity contribution in [3.05, 3.63) is 29.8 Å². The van der Waals surface area contributed by atoms with Crippen molar-refractivity contribution in [2.45, 2.75) is 38.3 Å². The van der Waals surface area contributed by atoms with E-state index in [-0.39, 0.29) is 5.60 Å². The van der Waals surface area contributed by atoms with Crippen molar-refractivity contribution in [1.82, 2.24) is 0 Å². The molecule has 3 heteroatoms. The second-order valence-electron chi connectivity index (χ2n) is 5.04. The highest BCUT2D eigenvalue weighted by Gasteiger charge is 2.49. The molecule has 0 amide bonds. The van der Waals surface area contributed by atoms with E-state index in [9.17, 15) is 0 Å². The van der Waals surface area contributed by atoms with Gasteiger partial charge in [0, 0.05) is 6.42 Å². The van der Waals surface area contributed by atoms with E-state index in [1.54, 1.807) is 0 Å². The summed E-state index contributed by atoms with van der Waals surface area (Å²) in [5.74, 6) is 0.0316. The molecule has 1 fully saturated rings. The number of ether oxygens (including phenoxy) is 3. The lowest BCUT2D eigenvalue weighted by atomic mass is 10.0. The smallest absolute Gasteiger partial charge is 0.327 e. The highest BCUT2D eigenvalue weighted by molar-refractivity contribution is 5.35. The molecule has 1 spiro atoms. The third-order valence-electron chi connectivity index (χ3n) is 3.01. The van der Waals surface area contributed by atoms with Crippen LogP contribution in [0.4, 0.5) is 0 Å². The summed E-state index contributed by atoms with van der Waals surface area (Å²) in [4.78, 5) is 0. The number of aryl methyl sites for hydroxylation is 1. The van der Waals surface area contributed by atoms with Crippen LogP contribution in [0.25, 0.3) is 0 Å². The van der Waals surface area contributed by atoms with Crippen LogP contribution in [0.5, 0.6) is 5.75 Å². The average molecular weight is 220 g/mol. The third-order valence-corrected chi connectivity index (χ3v) is 3.01. The van der Waals surface area contributed by atoms with Gasteiger partial charge in [0.25, 0.3) is 0 Å². The van der Waals surface area contributed by atoms with E-state index in [4.69, 9.17) is 14.2 Å². The highest BCUT2D eigenvalue weighted by Crippen LogP contribution is 2.41. The Morgan fingerprint density at radius 3 is 2.75 bits per heavy atom. The van der Waals surface area contributed by atoms with E-state index in [0.717, 1.165) is 18.6 Å². The van der Waals surface area contributed by atoms with E-state index < -0.39 is 5.97 Å². The highest BCUT2D eigenvalue weighted by atomic mass is 16.9. The summed E-state index contributed by atoms with van der Waals surface area (Å²) in [5.41, 5.74) is 0.969. The molecule has 1 aromatic rings. The van der Waals surface area contributed by atoms with Crippen LogP contribution in [0.2, 0.25) is 0 Å². The number of rotatable bonds is 0. The standard InChI is InChI=1S/C13H16O3/c1-12(2)9-14-13(16-12)8-7-10-5-3-4-6-11(10)15-13/h3-6H,7-9H2,1-2H3. The fraction of sp³-hybridized carbons (Fsp3) is 0.538. The summed E-state index contributed by atoms with van der Waals surface area (Å²) in [6.45, 7) is 4.62. The summed E-state index contributed by atoms with van der Waals surface area (Å²) in [5, 5.41) is 0. The first-order valence-electron chi connectivity index (χ1n) is 5.70. The van der Waals surface area contributed by atoms with Gasteiger partial charge in [0.05, 0.1) is 12.2 Å². The predicted molar refractivity (Wildman–Crippen MR) is 59.2 cm³/mol. The molecule has 0 saturated carbocycles. The SMILES string of the molecule is CC1(C)COC2(CCc3ccccc3O2)O1. The van der Waals surface area contributed by atoms with E-state index in [1.807, 2.05) is 32.0 Å². The lowest BCUT2D eigenvalue weighted by Crippen LogP contribution is -2.42. The van der Waals surface area contributed by atoms with Crippen molar-refractivity contribution in [2.24, 2.45) is 0 Å². The maximum atomic E-state index is 5.89. The topological polar surface area (TPSA) is 27.7 Å². The van der Waals surface area contributed by atoms with Gasteiger partial charge in [0.15, 0.2) is 0 Å². The largest absolute Gasteiger partial charge is 0.439 e. The fourth-order valence-electron chi connectivity index (χ4n) is 2.25. The zero-order chi connectivity index (χ0) is 11.2. The number of benzene rings is 1. The van der Waals surface area contributed by atoms with Gasteiger partial charge >= 0.3 is 5.97 Å². The molecule has 16 heavy (non-hydrogen) atoms. The Kier molecular flexibility index (Phi) is 2.03. The average Bonchev–Trinajstić information content (AvgIpc) is 2.54. The Hall–Kier alpha value is -1.06. The van der Waals surface area contributed by atoms with Gasteiger partial charge < -0.3 is 14.2 Å². The van der Waals surface area contributed by atoms with Crippen LogP contribution in [0, 0.1) is 0 Å². The maximum Gasteiger partial charge on any atom is 0.327 e. The lowest BCUT2D eigenvalue weighted by Gasteiger charge is -2.34. The Morgan fingerprint density at radius 1 is 1.19 bits per heavy atom. The Labute approximate surface area is 95.3 Å². The summed E-state index contributed by atoms with van der Waals surface area (Å²) in [7, 11) is 0. The van der Waals surface area contributed by atoms with Gasteiger partial charge in [0.1, 0.15) is 5.75 Å². The van der Waals surface area contributed by atoms with Gasteiger partial charge in [-0.1, -0.05) is 18.2 Å². The molecule has 1 aromatic carbocycles. The Bertz CT molecular complexity index is 413. The number of hydrogen-bond acceptors (Lipinski definition) is 3. The number of fused-ring (bicyclic) bond motifs is 1. The quantitative estimate of drug-likeness (QED) is 0.672. The van der Waals surface area contributed by atoms with E-state index in [0.29, 0.717) is 6.61 Å². The van der Waals surface area contributed by atoms with Gasteiger partial charge in [-0.15, -0.1) is 0 Å². The second-order valence-corrected chi connectivity index (χ2v) is 5.04. The van der Waals surface area contributed by atoms with Gasteiger partial charge in [-0.05, 0) is 31.9 Å². The molecule has 3 nitrogen and oxygen atoms in total. The van der Waals surface area contributed by atoms with E-state index >= 15 is 0 Å². The predicted octanol–water partition coefficient (Wildman–Crippen LogP) is 2.49. The molecule has 0 aromatic heterocycles. The van der Waals surface area contributed by atoms with Gasteiger partial charge in [-0.3, -0.25) is 0 Å². The second kappa shape index (κ2) is 3.22. The monoisotopic (exact) mass is 220 g/mol. The summed E-state index contributed by atoms with van der Waals surface area (Å²) >= 11 is 0. The normalized spacial score (nSPS) is 31.1. The van der Waals surface area contributed by atoms with Crippen LogP contribution >= 0.6 is 0 Å². The summed E-state index contributed by atoms with van der Waals surface area (Å²) < 4.78 is 17.5. The van der Waals surface area contributed by atoms with Crippen LogP contribution < -0.4 is 4.74 Å². The maximum absolute atomic E-state index is 5.89.